The van der Waals surface area contributed by atoms with Crippen molar-refractivity contribution in [2.24, 2.45) is 11.0 Å². The number of hydrogen-bond donors (Lipinski definition) is 1. The SMILES string of the molecule is CCC(C)COC(=O)c1c(N)n(N=Cc2ccc(C)cc2)c2nc3ccccc3nc12. The van der Waals surface area contributed by atoms with Crippen LogP contribution in [0.3, 0.4) is 0 Å². The molecular formula is C24H25N5O2. The number of aromatic nitrogens is 3. The number of anilines is 1. The molecule has 1 unspecified atom stereocenters. The molecule has 2 N–H and O–H groups in total. The van der Waals surface area contributed by atoms with Gasteiger partial charge in [-0.25, -0.2) is 14.8 Å². The van der Waals surface area contributed by atoms with Gasteiger partial charge in [0.1, 0.15) is 16.9 Å². The third kappa shape index (κ3) is 4.12. The topological polar surface area (TPSA) is 95.4 Å². The summed E-state index contributed by atoms with van der Waals surface area (Å²) in [4.78, 5) is 22.3. The molecule has 0 spiro atoms. The first-order chi connectivity index (χ1) is 15.0. The molecule has 4 aromatic rings. The molecule has 4 rings (SSSR count). The van der Waals surface area contributed by atoms with Crippen LogP contribution in [0.1, 0.15) is 41.8 Å². The van der Waals surface area contributed by atoms with Gasteiger partial charge in [0.15, 0.2) is 5.65 Å². The average molecular weight is 415 g/mol. The highest BCUT2D eigenvalue weighted by Crippen LogP contribution is 2.28. The van der Waals surface area contributed by atoms with Crippen molar-refractivity contribution in [2.45, 2.75) is 27.2 Å². The molecule has 31 heavy (non-hydrogen) atoms. The number of esters is 1. The van der Waals surface area contributed by atoms with Crippen molar-refractivity contribution < 1.29 is 9.53 Å². The molecule has 7 heteroatoms. The van der Waals surface area contributed by atoms with Crippen LogP contribution in [0.4, 0.5) is 5.82 Å². The normalized spacial score (nSPS) is 12.6. The Hall–Kier alpha value is -3.74. The van der Waals surface area contributed by atoms with Crippen LogP contribution >= 0.6 is 0 Å². The van der Waals surface area contributed by atoms with Gasteiger partial charge in [-0.3, -0.25) is 0 Å². The highest BCUT2D eigenvalue weighted by molar-refractivity contribution is 6.08. The Morgan fingerprint density at radius 3 is 2.52 bits per heavy atom. The lowest BCUT2D eigenvalue weighted by atomic mass is 10.1. The van der Waals surface area contributed by atoms with Crippen LogP contribution in [0.15, 0.2) is 53.6 Å². The van der Waals surface area contributed by atoms with Crippen molar-refractivity contribution in [1.82, 2.24) is 14.6 Å². The zero-order valence-corrected chi connectivity index (χ0v) is 17.9. The van der Waals surface area contributed by atoms with E-state index in [-0.39, 0.29) is 17.3 Å². The Morgan fingerprint density at radius 1 is 1.16 bits per heavy atom. The quantitative estimate of drug-likeness (QED) is 0.368. The fraction of sp³-hybridized carbons (Fsp3) is 0.250. The molecule has 0 aliphatic rings. The molecule has 7 nitrogen and oxygen atoms in total. The third-order valence-electron chi connectivity index (χ3n) is 5.27. The van der Waals surface area contributed by atoms with Crippen molar-refractivity contribution in [3.63, 3.8) is 0 Å². The molecule has 2 aromatic carbocycles. The van der Waals surface area contributed by atoms with E-state index >= 15 is 0 Å². The molecule has 158 valence electrons. The zero-order valence-electron chi connectivity index (χ0n) is 17.9. The van der Waals surface area contributed by atoms with Gasteiger partial charge in [0, 0.05) is 0 Å². The van der Waals surface area contributed by atoms with Gasteiger partial charge in [-0.2, -0.15) is 9.78 Å². The van der Waals surface area contributed by atoms with E-state index in [0.717, 1.165) is 17.5 Å². The fourth-order valence-corrected chi connectivity index (χ4v) is 3.15. The summed E-state index contributed by atoms with van der Waals surface area (Å²) in [5, 5.41) is 4.51. The maximum absolute atomic E-state index is 12.9. The van der Waals surface area contributed by atoms with E-state index in [9.17, 15) is 4.79 Å². The second kappa shape index (κ2) is 8.55. The number of carbonyl (C=O) groups excluding carboxylic acids is 1. The molecule has 0 aliphatic carbocycles. The minimum Gasteiger partial charge on any atom is -0.462 e. The van der Waals surface area contributed by atoms with Crippen molar-refractivity contribution in [3.05, 3.63) is 65.2 Å². The Balaban J connectivity index is 1.84. The van der Waals surface area contributed by atoms with E-state index in [1.807, 2.05) is 62.4 Å². The van der Waals surface area contributed by atoms with E-state index < -0.39 is 5.97 Å². The summed E-state index contributed by atoms with van der Waals surface area (Å²) in [6, 6.07) is 15.4. The predicted octanol–water partition coefficient (Wildman–Crippen LogP) is 4.56. The van der Waals surface area contributed by atoms with E-state index in [1.165, 1.54) is 4.68 Å². The average Bonchev–Trinajstić information content (AvgIpc) is 3.05. The summed E-state index contributed by atoms with van der Waals surface area (Å²) in [6.45, 7) is 6.42. The minimum atomic E-state index is -0.517. The number of ether oxygens (including phenoxy) is 1. The van der Waals surface area contributed by atoms with E-state index in [4.69, 9.17) is 10.5 Å². The molecule has 0 saturated heterocycles. The van der Waals surface area contributed by atoms with Crippen LogP contribution in [-0.2, 0) is 4.74 Å². The number of nitrogens with zero attached hydrogens (tertiary/aromatic N) is 4. The fourth-order valence-electron chi connectivity index (χ4n) is 3.15. The molecule has 0 radical (unpaired) electrons. The monoisotopic (exact) mass is 415 g/mol. The largest absolute Gasteiger partial charge is 0.462 e. The van der Waals surface area contributed by atoms with Gasteiger partial charge < -0.3 is 10.5 Å². The summed E-state index contributed by atoms with van der Waals surface area (Å²) < 4.78 is 6.97. The molecular weight excluding hydrogens is 390 g/mol. The summed E-state index contributed by atoms with van der Waals surface area (Å²) in [5.41, 5.74) is 10.8. The number of para-hydroxylation sites is 2. The highest BCUT2D eigenvalue weighted by atomic mass is 16.5. The molecule has 0 fully saturated rings. The van der Waals surface area contributed by atoms with E-state index in [0.29, 0.717) is 28.8 Å². The van der Waals surface area contributed by atoms with Gasteiger partial charge in [-0.05, 0) is 30.5 Å². The number of hydrogen-bond acceptors (Lipinski definition) is 6. The van der Waals surface area contributed by atoms with Crippen molar-refractivity contribution >= 4 is 40.2 Å². The van der Waals surface area contributed by atoms with Gasteiger partial charge in [0.2, 0.25) is 0 Å². The van der Waals surface area contributed by atoms with Gasteiger partial charge in [-0.15, -0.1) is 0 Å². The lowest BCUT2D eigenvalue weighted by Crippen LogP contribution is -2.13. The summed E-state index contributed by atoms with van der Waals surface area (Å²) in [5.74, 6) is -0.107. The van der Waals surface area contributed by atoms with Crippen molar-refractivity contribution in [3.8, 4) is 0 Å². The smallest absolute Gasteiger partial charge is 0.344 e. The Kier molecular flexibility index (Phi) is 5.66. The van der Waals surface area contributed by atoms with Gasteiger partial charge in [0.05, 0.1) is 23.9 Å². The molecule has 0 saturated carbocycles. The molecule has 0 bridgehead atoms. The van der Waals surface area contributed by atoms with Crippen LogP contribution in [0.2, 0.25) is 0 Å². The molecule has 2 heterocycles. The van der Waals surface area contributed by atoms with E-state index in [1.54, 1.807) is 6.21 Å². The summed E-state index contributed by atoms with van der Waals surface area (Å²) >= 11 is 0. The maximum Gasteiger partial charge on any atom is 0.344 e. The standard InChI is InChI=1S/C24H25N5O2/c1-4-15(2)14-31-24(30)20-21-23(28-19-8-6-5-7-18(19)27-21)29(22(20)25)26-13-17-11-9-16(3)10-12-17/h5-13,15H,4,14,25H2,1-3H3. The van der Waals surface area contributed by atoms with E-state index in [2.05, 4.69) is 22.0 Å². The predicted molar refractivity (Wildman–Crippen MR) is 123 cm³/mol. The minimum absolute atomic E-state index is 0.155. The lowest BCUT2D eigenvalue weighted by Gasteiger charge is -2.09. The number of nitrogen functional groups attached to an aromatic ring is 1. The number of aryl methyl sites for hydroxylation is 1. The van der Waals surface area contributed by atoms with Crippen LogP contribution in [-0.4, -0.2) is 33.4 Å². The van der Waals surface area contributed by atoms with Crippen molar-refractivity contribution in [1.29, 1.82) is 0 Å². The van der Waals surface area contributed by atoms with Crippen LogP contribution in [0, 0.1) is 12.8 Å². The highest BCUT2D eigenvalue weighted by Gasteiger charge is 2.25. The maximum atomic E-state index is 12.9. The molecule has 1 atom stereocenters. The van der Waals surface area contributed by atoms with Crippen LogP contribution in [0.25, 0.3) is 22.2 Å². The van der Waals surface area contributed by atoms with Crippen LogP contribution in [0.5, 0.6) is 0 Å². The van der Waals surface area contributed by atoms with Crippen molar-refractivity contribution in [2.75, 3.05) is 12.3 Å². The first-order valence-corrected chi connectivity index (χ1v) is 10.3. The summed E-state index contributed by atoms with van der Waals surface area (Å²) in [7, 11) is 0. The van der Waals surface area contributed by atoms with Crippen LogP contribution < -0.4 is 5.73 Å². The Bertz CT molecular complexity index is 1270. The molecule has 0 aliphatic heterocycles. The Labute approximate surface area is 180 Å². The first kappa shape index (κ1) is 20.5. The summed E-state index contributed by atoms with van der Waals surface area (Å²) in [6.07, 6.45) is 2.59. The third-order valence-corrected chi connectivity index (χ3v) is 5.27. The Morgan fingerprint density at radius 2 is 1.84 bits per heavy atom. The van der Waals surface area contributed by atoms with Gasteiger partial charge in [0.25, 0.3) is 0 Å². The number of benzene rings is 2. The number of fused-ring (bicyclic) bond motifs is 2. The molecule has 2 aromatic heterocycles. The van der Waals surface area contributed by atoms with Gasteiger partial charge in [-0.1, -0.05) is 62.2 Å². The first-order valence-electron chi connectivity index (χ1n) is 10.3. The lowest BCUT2D eigenvalue weighted by molar-refractivity contribution is 0.0450. The van der Waals surface area contributed by atoms with Gasteiger partial charge >= 0.3 is 5.97 Å². The number of nitrogens with two attached hydrogens (primary N) is 1. The zero-order chi connectivity index (χ0) is 22.0. The number of rotatable bonds is 6. The second-order valence-electron chi connectivity index (χ2n) is 7.72. The molecule has 0 amide bonds. The second-order valence-corrected chi connectivity index (χ2v) is 7.72. The number of carbonyl (C=O) groups is 1.